The Labute approximate surface area is 116 Å². The average Bonchev–Trinajstić information content (AvgIpc) is 2.77. The first-order chi connectivity index (χ1) is 9.11. The van der Waals surface area contributed by atoms with Crippen LogP contribution < -0.4 is 5.32 Å². The van der Waals surface area contributed by atoms with Gasteiger partial charge in [-0.15, -0.1) is 0 Å². The van der Waals surface area contributed by atoms with E-state index < -0.39 is 11.7 Å². The van der Waals surface area contributed by atoms with E-state index in [0.29, 0.717) is 5.25 Å². The molecule has 1 aromatic carbocycles. The summed E-state index contributed by atoms with van der Waals surface area (Å²) in [4.78, 5) is 12.0. The molecule has 0 spiro atoms. The van der Waals surface area contributed by atoms with Crippen molar-refractivity contribution in [2.75, 3.05) is 5.75 Å². The molecule has 0 aromatic heterocycles. The maximum Gasteiger partial charge on any atom is 0.258 e. The first-order valence-corrected chi connectivity index (χ1v) is 7.56. The highest BCUT2D eigenvalue weighted by Crippen LogP contribution is 2.30. The van der Waals surface area contributed by atoms with E-state index in [0.717, 1.165) is 25.0 Å². The molecule has 0 radical (unpaired) electrons. The fourth-order valence-corrected chi connectivity index (χ4v) is 3.60. The Hall–Kier alpha value is -1.23. The minimum Gasteiger partial charge on any atom is -0.507 e. The van der Waals surface area contributed by atoms with Crippen molar-refractivity contribution in [2.45, 2.75) is 37.5 Å². The van der Waals surface area contributed by atoms with Crippen molar-refractivity contribution >= 4 is 17.7 Å². The SMILES string of the molecule is CCSC1CCC(NC(=O)c2c(O)cccc2F)C1. The monoisotopic (exact) mass is 283 g/mol. The molecule has 0 aliphatic heterocycles. The number of nitrogens with one attached hydrogen (secondary N) is 1. The van der Waals surface area contributed by atoms with Crippen molar-refractivity contribution in [1.82, 2.24) is 5.32 Å². The van der Waals surface area contributed by atoms with Gasteiger partial charge in [-0.25, -0.2) is 4.39 Å². The summed E-state index contributed by atoms with van der Waals surface area (Å²) < 4.78 is 13.5. The minimum atomic E-state index is -0.685. The van der Waals surface area contributed by atoms with Crippen molar-refractivity contribution in [3.05, 3.63) is 29.6 Å². The Balaban J connectivity index is 1.99. The van der Waals surface area contributed by atoms with Crippen LogP contribution in [0.1, 0.15) is 36.5 Å². The van der Waals surface area contributed by atoms with Gasteiger partial charge in [0.25, 0.3) is 5.91 Å². The third-order valence-electron chi connectivity index (χ3n) is 3.34. The Bertz CT molecular complexity index is 447. The Morgan fingerprint density at radius 2 is 2.32 bits per heavy atom. The van der Waals surface area contributed by atoms with Gasteiger partial charge in [-0.3, -0.25) is 4.79 Å². The zero-order chi connectivity index (χ0) is 13.8. The average molecular weight is 283 g/mol. The predicted molar refractivity (Wildman–Crippen MR) is 75.1 cm³/mol. The number of hydrogen-bond donors (Lipinski definition) is 2. The van der Waals surface area contributed by atoms with E-state index in [1.54, 1.807) is 0 Å². The lowest BCUT2D eigenvalue weighted by Crippen LogP contribution is -2.33. The molecule has 0 heterocycles. The molecule has 5 heteroatoms. The van der Waals surface area contributed by atoms with Gasteiger partial charge in [0.15, 0.2) is 0 Å². The molecule has 0 saturated heterocycles. The van der Waals surface area contributed by atoms with Gasteiger partial charge in [-0.1, -0.05) is 13.0 Å². The minimum absolute atomic E-state index is 0.0792. The molecule has 19 heavy (non-hydrogen) atoms. The van der Waals surface area contributed by atoms with Crippen LogP contribution in [0.5, 0.6) is 5.75 Å². The molecule has 0 bridgehead atoms. The molecule has 1 fully saturated rings. The number of aromatic hydroxyl groups is 1. The molecule has 3 nitrogen and oxygen atoms in total. The van der Waals surface area contributed by atoms with Crippen LogP contribution in [0.15, 0.2) is 18.2 Å². The zero-order valence-electron chi connectivity index (χ0n) is 10.9. The standard InChI is InChI=1S/C14H18FNO2S/c1-2-19-10-7-6-9(8-10)16-14(18)13-11(15)4-3-5-12(13)17/h3-5,9-10,17H,2,6-8H2,1H3,(H,16,18). The summed E-state index contributed by atoms with van der Waals surface area (Å²) in [5.41, 5.74) is -0.255. The number of thioether (sulfide) groups is 1. The van der Waals surface area contributed by atoms with E-state index >= 15 is 0 Å². The molecule has 104 valence electrons. The number of hydrogen-bond acceptors (Lipinski definition) is 3. The number of carbonyl (C=O) groups is 1. The number of phenolic OH excluding ortho intramolecular Hbond substituents is 1. The van der Waals surface area contributed by atoms with Crippen molar-refractivity contribution in [2.24, 2.45) is 0 Å². The van der Waals surface area contributed by atoms with Crippen LogP contribution >= 0.6 is 11.8 Å². The lowest BCUT2D eigenvalue weighted by atomic mass is 10.1. The second-order valence-electron chi connectivity index (χ2n) is 4.69. The summed E-state index contributed by atoms with van der Waals surface area (Å²) in [5.74, 6) is -0.452. The summed E-state index contributed by atoms with van der Waals surface area (Å²) in [6.45, 7) is 2.12. The third-order valence-corrected chi connectivity index (χ3v) is 4.57. The van der Waals surface area contributed by atoms with E-state index in [-0.39, 0.29) is 17.4 Å². The maximum atomic E-state index is 13.5. The van der Waals surface area contributed by atoms with E-state index in [1.165, 1.54) is 18.2 Å². The number of benzene rings is 1. The van der Waals surface area contributed by atoms with Gasteiger partial charge in [0.1, 0.15) is 17.1 Å². The summed E-state index contributed by atoms with van der Waals surface area (Å²) in [5, 5.41) is 13.0. The molecule has 1 amide bonds. The third kappa shape index (κ3) is 3.41. The highest BCUT2D eigenvalue weighted by atomic mass is 32.2. The van der Waals surface area contributed by atoms with E-state index in [4.69, 9.17) is 0 Å². The molecule has 2 unspecified atom stereocenters. The maximum absolute atomic E-state index is 13.5. The number of carbonyl (C=O) groups excluding carboxylic acids is 1. The van der Waals surface area contributed by atoms with Crippen LogP contribution in [0, 0.1) is 5.82 Å². The van der Waals surface area contributed by atoms with Crippen LogP contribution in [0.4, 0.5) is 4.39 Å². The zero-order valence-corrected chi connectivity index (χ0v) is 11.7. The van der Waals surface area contributed by atoms with Crippen molar-refractivity contribution in [3.8, 4) is 5.75 Å². The quantitative estimate of drug-likeness (QED) is 0.893. The smallest absolute Gasteiger partial charge is 0.258 e. The van der Waals surface area contributed by atoms with Gasteiger partial charge < -0.3 is 10.4 Å². The van der Waals surface area contributed by atoms with Gasteiger partial charge in [0, 0.05) is 11.3 Å². The highest BCUT2D eigenvalue weighted by Gasteiger charge is 2.27. The molecule has 1 aromatic rings. The summed E-state index contributed by atoms with van der Waals surface area (Å²) in [7, 11) is 0. The summed E-state index contributed by atoms with van der Waals surface area (Å²) in [6, 6.07) is 3.96. The Morgan fingerprint density at radius 3 is 3.00 bits per heavy atom. The fraction of sp³-hybridized carbons (Fsp3) is 0.500. The molecule has 2 N–H and O–H groups in total. The first-order valence-electron chi connectivity index (χ1n) is 6.51. The number of phenols is 1. The Kier molecular flexibility index (Phi) is 4.69. The van der Waals surface area contributed by atoms with Gasteiger partial charge >= 0.3 is 0 Å². The van der Waals surface area contributed by atoms with Crippen LogP contribution in [-0.2, 0) is 0 Å². The Morgan fingerprint density at radius 1 is 1.53 bits per heavy atom. The molecule has 2 atom stereocenters. The second kappa shape index (κ2) is 6.28. The summed E-state index contributed by atoms with van der Waals surface area (Å²) in [6.07, 6.45) is 2.91. The molecule has 1 aliphatic carbocycles. The van der Waals surface area contributed by atoms with Crippen molar-refractivity contribution < 1.29 is 14.3 Å². The van der Waals surface area contributed by atoms with Crippen LogP contribution in [0.25, 0.3) is 0 Å². The molecular formula is C14H18FNO2S. The number of halogens is 1. The fourth-order valence-electron chi connectivity index (χ4n) is 2.45. The highest BCUT2D eigenvalue weighted by molar-refractivity contribution is 7.99. The lowest BCUT2D eigenvalue weighted by molar-refractivity contribution is 0.0931. The number of amides is 1. The normalized spacial score (nSPS) is 22.4. The largest absolute Gasteiger partial charge is 0.507 e. The topological polar surface area (TPSA) is 49.3 Å². The van der Waals surface area contributed by atoms with Gasteiger partial charge in [0.2, 0.25) is 0 Å². The van der Waals surface area contributed by atoms with E-state index in [1.807, 2.05) is 11.8 Å². The summed E-state index contributed by atoms with van der Waals surface area (Å²) >= 11 is 1.90. The molecule has 2 rings (SSSR count). The van der Waals surface area contributed by atoms with Gasteiger partial charge in [-0.05, 0) is 37.1 Å². The number of rotatable bonds is 4. The molecule has 1 saturated carbocycles. The predicted octanol–water partition coefficient (Wildman–Crippen LogP) is 2.94. The first kappa shape index (κ1) is 14.2. The van der Waals surface area contributed by atoms with Crippen molar-refractivity contribution in [3.63, 3.8) is 0 Å². The lowest BCUT2D eigenvalue weighted by Gasteiger charge is -2.14. The van der Waals surface area contributed by atoms with Crippen LogP contribution in [-0.4, -0.2) is 28.1 Å². The van der Waals surface area contributed by atoms with Gasteiger partial charge in [0.05, 0.1) is 0 Å². The van der Waals surface area contributed by atoms with Crippen LogP contribution in [0.2, 0.25) is 0 Å². The van der Waals surface area contributed by atoms with E-state index in [2.05, 4.69) is 12.2 Å². The second-order valence-corrected chi connectivity index (χ2v) is 6.27. The van der Waals surface area contributed by atoms with E-state index in [9.17, 15) is 14.3 Å². The molecule has 1 aliphatic rings. The van der Waals surface area contributed by atoms with Gasteiger partial charge in [-0.2, -0.15) is 11.8 Å². The van der Waals surface area contributed by atoms with Crippen LogP contribution in [0.3, 0.4) is 0 Å². The molecular weight excluding hydrogens is 265 g/mol. The van der Waals surface area contributed by atoms with Crippen molar-refractivity contribution in [1.29, 1.82) is 0 Å².